The van der Waals surface area contributed by atoms with E-state index in [1.807, 2.05) is 19.9 Å². The highest BCUT2D eigenvalue weighted by Crippen LogP contribution is 2.20. The van der Waals surface area contributed by atoms with Gasteiger partial charge in [-0.1, -0.05) is 20.8 Å². The molecule has 0 unspecified atom stereocenters. The van der Waals surface area contributed by atoms with E-state index < -0.39 is 6.10 Å². The summed E-state index contributed by atoms with van der Waals surface area (Å²) in [4.78, 5) is 16.5. The maximum Gasteiger partial charge on any atom is 0.252 e. The number of aliphatic hydroxyl groups excluding tert-OH is 1. The molecule has 0 saturated heterocycles. The average Bonchev–Trinajstić information content (AvgIpc) is 2.82. The van der Waals surface area contributed by atoms with E-state index in [-0.39, 0.29) is 17.9 Å². The molecule has 0 aromatic carbocycles. The first-order chi connectivity index (χ1) is 11.2. The lowest BCUT2D eigenvalue weighted by Gasteiger charge is -2.22. The third kappa shape index (κ3) is 4.89. The number of amides is 1. The Morgan fingerprint density at radius 1 is 1.33 bits per heavy atom. The van der Waals surface area contributed by atoms with Gasteiger partial charge in [-0.15, -0.1) is 0 Å². The number of hydrogen-bond donors (Lipinski definition) is 2. The number of aliphatic hydroxyl groups is 1. The zero-order chi connectivity index (χ0) is 17.9. The van der Waals surface area contributed by atoms with Crippen LogP contribution < -0.4 is 5.32 Å². The number of hydrogen-bond acceptors (Lipinski definition) is 4. The molecule has 6 nitrogen and oxygen atoms in total. The molecule has 2 heterocycles. The normalized spacial score (nSPS) is 12.9. The summed E-state index contributed by atoms with van der Waals surface area (Å²) in [7, 11) is 0. The van der Waals surface area contributed by atoms with Crippen LogP contribution in [0.25, 0.3) is 5.82 Å². The van der Waals surface area contributed by atoms with Gasteiger partial charge in [0.05, 0.1) is 17.4 Å². The fourth-order valence-corrected chi connectivity index (χ4v) is 2.60. The molecule has 2 aromatic heterocycles. The van der Waals surface area contributed by atoms with Gasteiger partial charge < -0.3 is 10.4 Å². The summed E-state index contributed by atoms with van der Waals surface area (Å²) in [5.74, 6) is 0.431. The van der Waals surface area contributed by atoms with Crippen molar-refractivity contribution in [1.82, 2.24) is 20.1 Å². The highest BCUT2D eigenvalue weighted by atomic mass is 16.3. The average molecular weight is 330 g/mol. The van der Waals surface area contributed by atoms with Crippen molar-refractivity contribution in [2.24, 2.45) is 5.41 Å². The van der Waals surface area contributed by atoms with Crippen LogP contribution in [0.15, 0.2) is 24.4 Å². The summed E-state index contributed by atoms with van der Waals surface area (Å²) >= 11 is 0. The van der Waals surface area contributed by atoms with Gasteiger partial charge in [-0.2, -0.15) is 5.10 Å². The molecule has 0 saturated carbocycles. The third-order valence-corrected chi connectivity index (χ3v) is 3.58. The fraction of sp³-hybridized carbons (Fsp3) is 0.500. The Labute approximate surface area is 142 Å². The maximum absolute atomic E-state index is 12.1. The van der Waals surface area contributed by atoms with E-state index in [0.717, 1.165) is 11.4 Å². The Bertz CT molecular complexity index is 699. The number of nitrogens with zero attached hydrogens (tertiary/aromatic N) is 3. The number of carbonyl (C=O) groups excluding carboxylic acids is 1. The number of aryl methyl sites for hydroxylation is 2. The lowest BCUT2D eigenvalue weighted by molar-refractivity contribution is 0.0868. The first kappa shape index (κ1) is 18.1. The molecule has 0 bridgehead atoms. The van der Waals surface area contributed by atoms with Gasteiger partial charge >= 0.3 is 0 Å². The van der Waals surface area contributed by atoms with Crippen molar-refractivity contribution in [2.45, 2.75) is 47.1 Å². The van der Waals surface area contributed by atoms with E-state index in [2.05, 4.69) is 36.2 Å². The van der Waals surface area contributed by atoms with E-state index in [4.69, 9.17) is 0 Å². The van der Waals surface area contributed by atoms with Crippen molar-refractivity contribution in [3.63, 3.8) is 0 Å². The van der Waals surface area contributed by atoms with Crippen molar-refractivity contribution >= 4 is 5.91 Å². The molecule has 2 rings (SSSR count). The summed E-state index contributed by atoms with van der Waals surface area (Å²) < 4.78 is 1.74. The lowest BCUT2D eigenvalue weighted by atomic mass is 9.89. The topological polar surface area (TPSA) is 80.0 Å². The maximum atomic E-state index is 12.1. The second-order valence-electron chi connectivity index (χ2n) is 7.37. The molecule has 0 radical (unpaired) electrons. The molecule has 24 heavy (non-hydrogen) atoms. The van der Waals surface area contributed by atoms with Crippen LogP contribution in [0.5, 0.6) is 0 Å². The van der Waals surface area contributed by atoms with Crippen molar-refractivity contribution in [3.8, 4) is 5.82 Å². The molecule has 0 aliphatic heterocycles. The van der Waals surface area contributed by atoms with Crippen molar-refractivity contribution in [1.29, 1.82) is 0 Å². The Balaban J connectivity index is 1.98. The summed E-state index contributed by atoms with van der Waals surface area (Å²) in [6, 6.07) is 5.45. The molecule has 1 atom stereocenters. The standard InChI is InChI=1S/C18H26N4O2/c1-12-8-13(2)22(21-12)16-7-6-14(10-19-16)17(24)20-11-15(23)9-18(3,4)5/h6-8,10,15,23H,9,11H2,1-5H3,(H,20,24)/t15-/m1/s1. The van der Waals surface area contributed by atoms with Gasteiger partial charge in [-0.05, 0) is 43.9 Å². The first-order valence-corrected chi connectivity index (χ1v) is 8.12. The van der Waals surface area contributed by atoms with Crippen molar-refractivity contribution in [3.05, 3.63) is 41.3 Å². The van der Waals surface area contributed by atoms with Gasteiger partial charge in [-0.3, -0.25) is 4.79 Å². The van der Waals surface area contributed by atoms with Gasteiger partial charge in [0.2, 0.25) is 0 Å². The van der Waals surface area contributed by atoms with E-state index in [9.17, 15) is 9.90 Å². The van der Waals surface area contributed by atoms with Gasteiger partial charge in [0, 0.05) is 18.4 Å². The van der Waals surface area contributed by atoms with E-state index >= 15 is 0 Å². The predicted octanol–water partition coefficient (Wildman–Crippen LogP) is 2.41. The highest BCUT2D eigenvalue weighted by molar-refractivity contribution is 5.93. The van der Waals surface area contributed by atoms with Gasteiger partial charge in [-0.25, -0.2) is 9.67 Å². The quantitative estimate of drug-likeness (QED) is 0.882. The molecule has 2 N–H and O–H groups in total. The molecule has 0 aliphatic rings. The Morgan fingerprint density at radius 2 is 2.04 bits per heavy atom. The van der Waals surface area contributed by atoms with E-state index in [1.54, 1.807) is 16.8 Å². The lowest BCUT2D eigenvalue weighted by Crippen LogP contribution is -2.34. The number of carbonyl (C=O) groups is 1. The van der Waals surface area contributed by atoms with Crippen LogP contribution in [0.4, 0.5) is 0 Å². The monoisotopic (exact) mass is 330 g/mol. The Kier molecular flexibility index (Phi) is 5.39. The SMILES string of the molecule is Cc1cc(C)n(-c2ccc(C(=O)NC[C@H](O)CC(C)(C)C)cn2)n1. The molecule has 0 aliphatic carbocycles. The number of rotatable bonds is 5. The highest BCUT2D eigenvalue weighted by Gasteiger charge is 2.17. The zero-order valence-corrected chi connectivity index (χ0v) is 15.0. The number of pyridine rings is 1. The van der Waals surface area contributed by atoms with Crippen LogP contribution in [0.1, 0.15) is 48.9 Å². The molecule has 0 fully saturated rings. The fourth-order valence-electron chi connectivity index (χ4n) is 2.60. The van der Waals surface area contributed by atoms with Crippen molar-refractivity contribution < 1.29 is 9.90 Å². The summed E-state index contributed by atoms with van der Waals surface area (Å²) in [5, 5.41) is 17.1. The van der Waals surface area contributed by atoms with Gasteiger partial charge in [0.15, 0.2) is 5.82 Å². The van der Waals surface area contributed by atoms with E-state index in [0.29, 0.717) is 17.8 Å². The Hall–Kier alpha value is -2.21. The van der Waals surface area contributed by atoms with Crippen LogP contribution >= 0.6 is 0 Å². The van der Waals surface area contributed by atoms with Crippen LogP contribution in [0.2, 0.25) is 0 Å². The molecule has 130 valence electrons. The summed E-state index contributed by atoms with van der Waals surface area (Å²) in [5.41, 5.74) is 2.39. The molecule has 6 heteroatoms. The number of aromatic nitrogens is 3. The molecule has 1 amide bonds. The zero-order valence-electron chi connectivity index (χ0n) is 15.0. The molecular formula is C18H26N4O2. The third-order valence-electron chi connectivity index (χ3n) is 3.58. The number of nitrogens with one attached hydrogen (secondary N) is 1. The molecule has 0 spiro atoms. The second kappa shape index (κ2) is 7.13. The summed E-state index contributed by atoms with van der Waals surface area (Å²) in [6.45, 7) is 10.3. The second-order valence-corrected chi connectivity index (χ2v) is 7.37. The van der Waals surface area contributed by atoms with Crippen LogP contribution in [0, 0.1) is 19.3 Å². The van der Waals surface area contributed by atoms with Gasteiger partial charge in [0.25, 0.3) is 5.91 Å². The first-order valence-electron chi connectivity index (χ1n) is 8.12. The van der Waals surface area contributed by atoms with Crippen LogP contribution in [0.3, 0.4) is 0 Å². The molecule has 2 aromatic rings. The van der Waals surface area contributed by atoms with E-state index in [1.165, 1.54) is 6.20 Å². The van der Waals surface area contributed by atoms with Crippen molar-refractivity contribution in [2.75, 3.05) is 6.54 Å². The minimum absolute atomic E-state index is 0.0209. The minimum Gasteiger partial charge on any atom is -0.391 e. The predicted molar refractivity (Wildman–Crippen MR) is 93.2 cm³/mol. The Morgan fingerprint density at radius 3 is 2.54 bits per heavy atom. The van der Waals surface area contributed by atoms with Gasteiger partial charge in [0.1, 0.15) is 0 Å². The molecular weight excluding hydrogens is 304 g/mol. The summed E-state index contributed by atoms with van der Waals surface area (Å²) in [6.07, 6.45) is 1.59. The van der Waals surface area contributed by atoms with Crippen LogP contribution in [-0.2, 0) is 0 Å². The largest absolute Gasteiger partial charge is 0.391 e. The minimum atomic E-state index is -0.559. The smallest absolute Gasteiger partial charge is 0.252 e. The van der Waals surface area contributed by atoms with Crippen LogP contribution in [-0.4, -0.2) is 38.4 Å².